The van der Waals surface area contributed by atoms with Gasteiger partial charge in [-0.25, -0.2) is 8.42 Å². The molecule has 15 heavy (non-hydrogen) atoms. The van der Waals surface area contributed by atoms with E-state index in [2.05, 4.69) is 4.84 Å². The standard InChI is InChI=1S/C8H15NO5S/c1-9(14-2)15(12,13)7-5-3-4-6(7)8(10)11/h6-7H,3-5H2,1-2H3,(H,10,11). The molecule has 0 amide bonds. The summed E-state index contributed by atoms with van der Waals surface area (Å²) in [5.74, 6) is -1.86. The second-order valence-electron chi connectivity index (χ2n) is 3.55. The highest BCUT2D eigenvalue weighted by atomic mass is 32.2. The van der Waals surface area contributed by atoms with E-state index in [1.807, 2.05) is 0 Å². The van der Waals surface area contributed by atoms with E-state index in [9.17, 15) is 13.2 Å². The number of carboxylic acids is 1. The predicted octanol–water partition coefficient (Wildman–Crippen LogP) is 0.0627. The zero-order chi connectivity index (χ0) is 11.6. The van der Waals surface area contributed by atoms with Crippen molar-refractivity contribution in [2.75, 3.05) is 14.2 Å². The lowest BCUT2D eigenvalue weighted by molar-refractivity contribution is -0.141. The second-order valence-corrected chi connectivity index (χ2v) is 5.70. The summed E-state index contributed by atoms with van der Waals surface area (Å²) in [5.41, 5.74) is 0. The van der Waals surface area contributed by atoms with Crippen molar-refractivity contribution in [1.82, 2.24) is 4.47 Å². The van der Waals surface area contributed by atoms with Gasteiger partial charge in [0.1, 0.15) is 0 Å². The molecular formula is C8H15NO5S. The van der Waals surface area contributed by atoms with Crippen LogP contribution in [0.1, 0.15) is 19.3 Å². The van der Waals surface area contributed by atoms with Gasteiger partial charge in [-0.2, -0.15) is 0 Å². The summed E-state index contributed by atoms with van der Waals surface area (Å²) in [6.45, 7) is 0. The number of nitrogens with zero attached hydrogens (tertiary/aromatic N) is 1. The fraction of sp³-hybridized carbons (Fsp3) is 0.875. The third-order valence-electron chi connectivity index (χ3n) is 2.77. The van der Waals surface area contributed by atoms with E-state index in [1.54, 1.807) is 0 Å². The van der Waals surface area contributed by atoms with Gasteiger partial charge in [-0.1, -0.05) is 10.9 Å². The molecule has 1 saturated carbocycles. The number of hydrogen-bond donors (Lipinski definition) is 1. The molecule has 1 rings (SSSR count). The van der Waals surface area contributed by atoms with E-state index < -0.39 is 27.2 Å². The average Bonchev–Trinajstić information content (AvgIpc) is 2.65. The molecule has 0 aliphatic heterocycles. The van der Waals surface area contributed by atoms with Crippen LogP contribution in [0.4, 0.5) is 0 Å². The van der Waals surface area contributed by atoms with Crippen LogP contribution in [0.2, 0.25) is 0 Å². The van der Waals surface area contributed by atoms with Crippen LogP contribution in [-0.4, -0.2) is 43.4 Å². The largest absolute Gasteiger partial charge is 0.481 e. The molecule has 0 bridgehead atoms. The molecule has 0 aromatic carbocycles. The molecule has 0 radical (unpaired) electrons. The van der Waals surface area contributed by atoms with E-state index >= 15 is 0 Å². The van der Waals surface area contributed by atoms with Gasteiger partial charge in [0.15, 0.2) is 0 Å². The fourth-order valence-corrected chi connectivity index (χ4v) is 3.58. The van der Waals surface area contributed by atoms with E-state index in [1.165, 1.54) is 14.2 Å². The van der Waals surface area contributed by atoms with E-state index in [0.29, 0.717) is 19.3 Å². The van der Waals surface area contributed by atoms with Crippen molar-refractivity contribution in [2.45, 2.75) is 24.5 Å². The molecule has 0 heterocycles. The average molecular weight is 237 g/mol. The van der Waals surface area contributed by atoms with E-state index in [4.69, 9.17) is 5.11 Å². The maximum absolute atomic E-state index is 11.8. The van der Waals surface area contributed by atoms with Gasteiger partial charge in [0.05, 0.1) is 18.3 Å². The van der Waals surface area contributed by atoms with Crippen molar-refractivity contribution in [3.8, 4) is 0 Å². The Morgan fingerprint density at radius 2 is 2.07 bits per heavy atom. The van der Waals surface area contributed by atoms with Gasteiger partial charge in [0, 0.05) is 7.05 Å². The zero-order valence-corrected chi connectivity index (χ0v) is 9.53. The molecule has 1 aliphatic carbocycles. The number of hydrogen-bond acceptors (Lipinski definition) is 4. The molecule has 1 fully saturated rings. The lowest BCUT2D eigenvalue weighted by atomic mass is 10.1. The summed E-state index contributed by atoms with van der Waals surface area (Å²) in [6.07, 6.45) is 1.42. The highest BCUT2D eigenvalue weighted by Gasteiger charge is 2.43. The molecule has 6 nitrogen and oxygen atoms in total. The molecule has 7 heteroatoms. The Morgan fingerprint density at radius 1 is 1.47 bits per heavy atom. The molecule has 88 valence electrons. The Hall–Kier alpha value is -0.660. The van der Waals surface area contributed by atoms with Crippen molar-refractivity contribution < 1.29 is 23.2 Å². The monoisotopic (exact) mass is 237 g/mol. The van der Waals surface area contributed by atoms with Gasteiger partial charge in [0.25, 0.3) is 0 Å². The lowest BCUT2D eigenvalue weighted by Gasteiger charge is -2.21. The number of rotatable bonds is 4. The maximum atomic E-state index is 11.8. The molecule has 2 unspecified atom stereocenters. The Bertz CT molecular complexity index is 339. The summed E-state index contributed by atoms with van der Waals surface area (Å²) in [5, 5.41) is 8.02. The predicted molar refractivity (Wildman–Crippen MR) is 52.5 cm³/mol. The molecule has 1 aliphatic rings. The summed E-state index contributed by atoms with van der Waals surface area (Å²) >= 11 is 0. The molecule has 0 saturated heterocycles. The van der Waals surface area contributed by atoms with Crippen LogP contribution in [0.15, 0.2) is 0 Å². The second kappa shape index (κ2) is 4.46. The third kappa shape index (κ3) is 2.30. The SMILES string of the molecule is CON(C)S(=O)(=O)C1CCCC1C(=O)O. The smallest absolute Gasteiger partial charge is 0.307 e. The first-order valence-corrected chi connectivity index (χ1v) is 6.16. The van der Waals surface area contributed by atoms with Crippen molar-refractivity contribution >= 4 is 16.0 Å². The van der Waals surface area contributed by atoms with Gasteiger partial charge in [-0.3, -0.25) is 9.63 Å². The van der Waals surface area contributed by atoms with E-state index in [0.717, 1.165) is 4.47 Å². The molecule has 2 atom stereocenters. The molecule has 1 N–H and O–H groups in total. The number of carbonyl (C=O) groups is 1. The van der Waals surface area contributed by atoms with Gasteiger partial charge in [-0.15, -0.1) is 0 Å². The van der Waals surface area contributed by atoms with Crippen LogP contribution in [0.3, 0.4) is 0 Å². The van der Waals surface area contributed by atoms with Crippen molar-refractivity contribution in [1.29, 1.82) is 0 Å². The topological polar surface area (TPSA) is 83.9 Å². The van der Waals surface area contributed by atoms with Crippen LogP contribution < -0.4 is 0 Å². The first kappa shape index (κ1) is 12.4. The number of hydroxylamine groups is 1. The number of aliphatic carboxylic acids is 1. The summed E-state index contributed by atoms with van der Waals surface area (Å²) in [4.78, 5) is 15.5. The van der Waals surface area contributed by atoms with Gasteiger partial charge in [0.2, 0.25) is 10.0 Å². The van der Waals surface area contributed by atoms with Crippen molar-refractivity contribution in [2.24, 2.45) is 5.92 Å². The Kier molecular flexibility index (Phi) is 3.69. The lowest BCUT2D eigenvalue weighted by Crippen LogP contribution is -2.39. The number of carboxylic acid groups (broad SMARTS) is 1. The molecule has 0 aromatic heterocycles. The summed E-state index contributed by atoms with van der Waals surface area (Å²) in [6, 6.07) is 0. The van der Waals surface area contributed by atoms with Crippen LogP contribution in [-0.2, 0) is 19.7 Å². The fourth-order valence-electron chi connectivity index (χ4n) is 1.86. The molecular weight excluding hydrogens is 222 g/mol. The van der Waals surface area contributed by atoms with Gasteiger partial charge < -0.3 is 5.11 Å². The zero-order valence-electron chi connectivity index (χ0n) is 8.71. The van der Waals surface area contributed by atoms with Gasteiger partial charge >= 0.3 is 5.97 Å². The van der Waals surface area contributed by atoms with Crippen molar-refractivity contribution in [3.63, 3.8) is 0 Å². The van der Waals surface area contributed by atoms with Crippen LogP contribution in [0.5, 0.6) is 0 Å². The first-order chi connectivity index (χ1) is 6.91. The normalized spacial score (nSPS) is 27.1. The quantitative estimate of drug-likeness (QED) is 0.699. The van der Waals surface area contributed by atoms with Crippen LogP contribution in [0, 0.1) is 5.92 Å². The van der Waals surface area contributed by atoms with Crippen LogP contribution in [0.25, 0.3) is 0 Å². The van der Waals surface area contributed by atoms with Gasteiger partial charge in [-0.05, 0) is 12.8 Å². The van der Waals surface area contributed by atoms with Crippen LogP contribution >= 0.6 is 0 Å². The maximum Gasteiger partial charge on any atom is 0.307 e. The Morgan fingerprint density at radius 3 is 2.53 bits per heavy atom. The Labute approximate surface area is 88.8 Å². The minimum absolute atomic E-state index is 0.382. The highest BCUT2D eigenvalue weighted by Crippen LogP contribution is 2.32. The third-order valence-corrected chi connectivity index (χ3v) is 4.96. The molecule has 0 spiro atoms. The molecule has 0 aromatic rings. The Balaban J connectivity index is 2.92. The summed E-state index contributed by atoms with van der Waals surface area (Å²) in [7, 11) is -1.14. The minimum atomic E-state index is -3.65. The first-order valence-electron chi connectivity index (χ1n) is 4.66. The number of sulfonamides is 1. The summed E-state index contributed by atoms with van der Waals surface area (Å²) < 4.78 is 24.4. The highest BCUT2D eigenvalue weighted by molar-refractivity contribution is 7.89. The minimum Gasteiger partial charge on any atom is -0.481 e. The van der Waals surface area contributed by atoms with E-state index in [-0.39, 0.29) is 0 Å². The van der Waals surface area contributed by atoms with Crippen molar-refractivity contribution in [3.05, 3.63) is 0 Å².